The van der Waals surface area contributed by atoms with Crippen molar-refractivity contribution >= 4 is 5.91 Å². The number of hydrogen-bond acceptors (Lipinski definition) is 4. The van der Waals surface area contributed by atoms with Gasteiger partial charge in [0.1, 0.15) is 5.54 Å². The summed E-state index contributed by atoms with van der Waals surface area (Å²) in [6.07, 6.45) is 2.41. The SMILES string of the molecule is CNC(CN(C)CCOC(C)C)(C(N)=O)C1CC1. The molecule has 0 heterocycles. The molecule has 1 aliphatic rings. The van der Waals surface area contributed by atoms with Crippen LogP contribution >= 0.6 is 0 Å². The van der Waals surface area contributed by atoms with Crippen molar-refractivity contribution in [3.63, 3.8) is 0 Å². The van der Waals surface area contributed by atoms with Crippen LogP contribution in [0.5, 0.6) is 0 Å². The molecule has 0 aromatic carbocycles. The lowest BCUT2D eigenvalue weighted by atomic mass is 9.91. The Morgan fingerprint density at radius 2 is 2.17 bits per heavy atom. The molecule has 5 nitrogen and oxygen atoms in total. The van der Waals surface area contributed by atoms with E-state index in [1.807, 2.05) is 27.9 Å². The third-order valence-corrected chi connectivity index (χ3v) is 3.60. The number of carbonyl (C=O) groups excluding carboxylic acids is 1. The summed E-state index contributed by atoms with van der Waals surface area (Å²) < 4.78 is 5.52. The molecule has 1 atom stereocenters. The molecule has 0 aliphatic heterocycles. The summed E-state index contributed by atoms with van der Waals surface area (Å²) in [6, 6.07) is 0. The van der Waals surface area contributed by atoms with Gasteiger partial charge in [0, 0.05) is 13.1 Å². The van der Waals surface area contributed by atoms with Crippen LogP contribution in [-0.2, 0) is 9.53 Å². The van der Waals surface area contributed by atoms with Gasteiger partial charge in [0.25, 0.3) is 0 Å². The van der Waals surface area contributed by atoms with Crippen LogP contribution in [0.1, 0.15) is 26.7 Å². The van der Waals surface area contributed by atoms with Gasteiger partial charge < -0.3 is 20.7 Å². The summed E-state index contributed by atoms with van der Waals surface area (Å²) in [5.41, 5.74) is 5.01. The number of hydrogen-bond donors (Lipinski definition) is 2. The van der Waals surface area contributed by atoms with Crippen LogP contribution in [0.3, 0.4) is 0 Å². The molecule has 0 spiro atoms. The minimum atomic E-state index is -0.577. The van der Waals surface area contributed by atoms with Crippen LogP contribution in [0.2, 0.25) is 0 Å². The molecular formula is C13H27N3O2. The first-order chi connectivity index (χ1) is 8.42. The van der Waals surface area contributed by atoms with Gasteiger partial charge in [0.15, 0.2) is 0 Å². The van der Waals surface area contributed by atoms with Crippen molar-refractivity contribution in [2.24, 2.45) is 11.7 Å². The predicted octanol–water partition coefficient (Wildman–Crippen LogP) is 0.197. The summed E-state index contributed by atoms with van der Waals surface area (Å²) in [5, 5.41) is 3.15. The van der Waals surface area contributed by atoms with E-state index in [1.54, 1.807) is 0 Å². The van der Waals surface area contributed by atoms with E-state index in [4.69, 9.17) is 10.5 Å². The Balaban J connectivity index is 2.47. The first kappa shape index (κ1) is 15.4. The lowest BCUT2D eigenvalue weighted by molar-refractivity contribution is -0.126. The molecule has 1 amide bonds. The van der Waals surface area contributed by atoms with Gasteiger partial charge in [0.05, 0.1) is 12.7 Å². The van der Waals surface area contributed by atoms with Gasteiger partial charge in [-0.25, -0.2) is 0 Å². The number of nitrogens with two attached hydrogens (primary N) is 1. The number of carbonyl (C=O) groups is 1. The van der Waals surface area contributed by atoms with Gasteiger partial charge in [-0.1, -0.05) is 0 Å². The Bertz CT molecular complexity index is 279. The van der Waals surface area contributed by atoms with E-state index in [9.17, 15) is 4.79 Å². The number of likely N-dealkylation sites (N-methyl/N-ethyl adjacent to an activating group) is 2. The second-order valence-electron chi connectivity index (χ2n) is 5.52. The van der Waals surface area contributed by atoms with Crippen molar-refractivity contribution in [1.29, 1.82) is 0 Å². The average Bonchev–Trinajstić information content (AvgIpc) is 3.09. The van der Waals surface area contributed by atoms with Crippen molar-refractivity contribution in [3.8, 4) is 0 Å². The van der Waals surface area contributed by atoms with Crippen molar-refractivity contribution in [3.05, 3.63) is 0 Å². The Kier molecular flexibility index (Phi) is 5.56. The van der Waals surface area contributed by atoms with Crippen LogP contribution in [0, 0.1) is 5.92 Å². The van der Waals surface area contributed by atoms with Crippen molar-refractivity contribution in [2.45, 2.75) is 38.3 Å². The molecule has 106 valence electrons. The van der Waals surface area contributed by atoms with Crippen molar-refractivity contribution < 1.29 is 9.53 Å². The summed E-state index contributed by atoms with van der Waals surface area (Å²) in [6.45, 7) is 6.17. The number of primary amides is 1. The molecule has 1 fully saturated rings. The molecule has 1 saturated carbocycles. The Morgan fingerprint density at radius 1 is 1.56 bits per heavy atom. The summed E-state index contributed by atoms with van der Waals surface area (Å²) >= 11 is 0. The molecule has 1 aliphatic carbocycles. The quantitative estimate of drug-likeness (QED) is 0.619. The first-order valence-corrected chi connectivity index (χ1v) is 6.71. The maximum Gasteiger partial charge on any atom is 0.239 e. The van der Waals surface area contributed by atoms with Crippen LogP contribution in [0.4, 0.5) is 0 Å². The normalized spacial score (nSPS) is 19.2. The maximum atomic E-state index is 11.8. The zero-order chi connectivity index (χ0) is 13.8. The molecule has 0 aromatic rings. The molecule has 18 heavy (non-hydrogen) atoms. The van der Waals surface area contributed by atoms with E-state index in [0.29, 0.717) is 19.1 Å². The highest BCUT2D eigenvalue weighted by molar-refractivity contribution is 5.85. The number of ether oxygens (including phenoxy) is 1. The Labute approximate surface area is 110 Å². The Morgan fingerprint density at radius 3 is 2.56 bits per heavy atom. The number of amides is 1. The van der Waals surface area contributed by atoms with Gasteiger partial charge in [-0.15, -0.1) is 0 Å². The third kappa shape index (κ3) is 3.93. The second kappa shape index (κ2) is 6.50. The van der Waals surface area contributed by atoms with E-state index in [-0.39, 0.29) is 12.0 Å². The van der Waals surface area contributed by atoms with E-state index < -0.39 is 5.54 Å². The topological polar surface area (TPSA) is 67.6 Å². The minimum absolute atomic E-state index is 0.243. The predicted molar refractivity (Wildman–Crippen MR) is 72.3 cm³/mol. The lowest BCUT2D eigenvalue weighted by Gasteiger charge is -2.34. The number of rotatable bonds is 9. The lowest BCUT2D eigenvalue weighted by Crippen LogP contribution is -2.61. The largest absolute Gasteiger partial charge is 0.377 e. The fourth-order valence-electron chi connectivity index (χ4n) is 2.34. The molecule has 5 heteroatoms. The van der Waals surface area contributed by atoms with Gasteiger partial charge in [-0.05, 0) is 46.7 Å². The van der Waals surface area contributed by atoms with Crippen molar-refractivity contribution in [2.75, 3.05) is 33.8 Å². The summed E-state index contributed by atoms with van der Waals surface area (Å²) in [4.78, 5) is 13.9. The molecule has 0 aromatic heterocycles. The van der Waals surface area contributed by atoms with Gasteiger partial charge >= 0.3 is 0 Å². The zero-order valence-corrected chi connectivity index (χ0v) is 12.0. The molecule has 0 saturated heterocycles. The second-order valence-corrected chi connectivity index (χ2v) is 5.52. The van der Waals surface area contributed by atoms with Gasteiger partial charge in [0.2, 0.25) is 5.91 Å². The highest BCUT2D eigenvalue weighted by atomic mass is 16.5. The van der Waals surface area contributed by atoms with Crippen molar-refractivity contribution in [1.82, 2.24) is 10.2 Å². The molecule has 1 rings (SSSR count). The molecule has 0 bridgehead atoms. The zero-order valence-electron chi connectivity index (χ0n) is 12.0. The average molecular weight is 257 g/mol. The number of nitrogens with zero attached hydrogens (tertiary/aromatic N) is 1. The van der Waals surface area contributed by atoms with Crippen LogP contribution < -0.4 is 11.1 Å². The minimum Gasteiger partial charge on any atom is -0.377 e. The molecule has 0 radical (unpaired) electrons. The van der Waals surface area contributed by atoms with E-state index >= 15 is 0 Å². The standard InChI is InChI=1S/C13H27N3O2/c1-10(2)18-8-7-16(4)9-13(15-3,12(14)17)11-5-6-11/h10-11,15H,5-9H2,1-4H3,(H2,14,17). The summed E-state index contributed by atoms with van der Waals surface area (Å²) in [7, 11) is 3.82. The van der Waals surface area contributed by atoms with E-state index in [1.165, 1.54) is 0 Å². The smallest absolute Gasteiger partial charge is 0.239 e. The van der Waals surface area contributed by atoms with E-state index in [2.05, 4.69) is 10.2 Å². The highest BCUT2D eigenvalue weighted by Crippen LogP contribution is 2.39. The fourth-order valence-corrected chi connectivity index (χ4v) is 2.34. The van der Waals surface area contributed by atoms with Crippen LogP contribution in [0.15, 0.2) is 0 Å². The summed E-state index contributed by atoms with van der Waals surface area (Å²) in [5.74, 6) is 0.137. The van der Waals surface area contributed by atoms with Crippen LogP contribution in [-0.4, -0.2) is 56.2 Å². The van der Waals surface area contributed by atoms with Crippen LogP contribution in [0.25, 0.3) is 0 Å². The maximum absolute atomic E-state index is 11.8. The molecular weight excluding hydrogens is 230 g/mol. The fraction of sp³-hybridized carbons (Fsp3) is 0.923. The monoisotopic (exact) mass is 257 g/mol. The molecule has 3 N–H and O–H groups in total. The van der Waals surface area contributed by atoms with Gasteiger partial charge in [-0.2, -0.15) is 0 Å². The molecule has 1 unspecified atom stereocenters. The van der Waals surface area contributed by atoms with Gasteiger partial charge in [-0.3, -0.25) is 4.79 Å². The highest BCUT2D eigenvalue weighted by Gasteiger charge is 2.49. The first-order valence-electron chi connectivity index (χ1n) is 6.71. The Hall–Kier alpha value is -0.650. The number of nitrogens with one attached hydrogen (secondary N) is 1. The van der Waals surface area contributed by atoms with E-state index in [0.717, 1.165) is 19.4 Å². The third-order valence-electron chi connectivity index (χ3n) is 3.60.